The molecule has 3 heteroatoms. The Morgan fingerprint density at radius 1 is 1.50 bits per heavy atom. The molecule has 14 heavy (non-hydrogen) atoms. The van der Waals surface area contributed by atoms with Gasteiger partial charge < -0.3 is 4.74 Å². The van der Waals surface area contributed by atoms with Crippen LogP contribution in [0.1, 0.15) is 17.7 Å². The van der Waals surface area contributed by atoms with Crippen molar-refractivity contribution < 1.29 is 4.74 Å². The fourth-order valence-electron chi connectivity index (χ4n) is 1.44. The lowest BCUT2D eigenvalue weighted by molar-refractivity contribution is 0.101. The largest absolute Gasteiger partial charge is 0.380 e. The maximum atomic E-state index is 5.68. The molecule has 0 saturated heterocycles. The lowest BCUT2D eigenvalue weighted by atomic mass is 10.2. The number of hydrogen-bond donors (Lipinski definition) is 1. The fraction of sp³-hybridized carbons (Fsp3) is 0.636. The molecule has 0 aromatic carbocycles. The summed E-state index contributed by atoms with van der Waals surface area (Å²) in [5.74, 6) is 0.978. The number of ether oxygens (including phenoxy) is 1. The van der Waals surface area contributed by atoms with E-state index < -0.39 is 0 Å². The van der Waals surface area contributed by atoms with Gasteiger partial charge in [-0.3, -0.25) is 0 Å². The molecule has 1 aliphatic rings. The van der Waals surface area contributed by atoms with Crippen molar-refractivity contribution >= 4 is 24.0 Å². The lowest BCUT2D eigenvalue weighted by Gasteiger charge is -2.11. The van der Waals surface area contributed by atoms with Gasteiger partial charge in [-0.2, -0.15) is 12.6 Å². The Morgan fingerprint density at radius 2 is 2.36 bits per heavy atom. The summed E-state index contributed by atoms with van der Waals surface area (Å²) in [6, 6.07) is 4.26. The van der Waals surface area contributed by atoms with Crippen molar-refractivity contribution in [2.75, 3.05) is 19.0 Å². The molecule has 0 unspecified atom stereocenters. The zero-order chi connectivity index (χ0) is 9.86. The van der Waals surface area contributed by atoms with Crippen molar-refractivity contribution in [2.24, 2.45) is 5.41 Å². The smallest absolute Gasteiger partial charge is 0.0530 e. The summed E-state index contributed by atoms with van der Waals surface area (Å²) < 4.78 is 5.68. The zero-order valence-electron chi connectivity index (χ0n) is 8.24. The summed E-state index contributed by atoms with van der Waals surface area (Å²) in [6.45, 7) is 1.76. The van der Waals surface area contributed by atoms with E-state index in [9.17, 15) is 0 Å². The number of thiophene rings is 1. The minimum Gasteiger partial charge on any atom is -0.380 e. The average Bonchev–Trinajstić information content (AvgIpc) is 2.81. The van der Waals surface area contributed by atoms with Gasteiger partial charge in [0.2, 0.25) is 0 Å². The summed E-state index contributed by atoms with van der Waals surface area (Å²) in [5, 5.41) is 2.12. The molecule has 1 heterocycles. The maximum Gasteiger partial charge on any atom is 0.0530 e. The standard InChI is InChI=1S/C11H16OS2/c13-9-11(4-5-11)8-12-6-3-10-2-1-7-14-10/h1-2,7,13H,3-6,8-9H2. The van der Waals surface area contributed by atoms with Gasteiger partial charge in [-0.05, 0) is 30.0 Å². The van der Waals surface area contributed by atoms with Crippen LogP contribution in [0.4, 0.5) is 0 Å². The summed E-state index contributed by atoms with van der Waals surface area (Å²) in [4.78, 5) is 1.42. The molecule has 1 aromatic rings. The highest BCUT2D eigenvalue weighted by molar-refractivity contribution is 7.80. The molecule has 78 valence electrons. The second-order valence-electron chi connectivity index (χ2n) is 4.04. The molecule has 0 N–H and O–H groups in total. The minimum atomic E-state index is 0.443. The van der Waals surface area contributed by atoms with Crippen LogP contribution < -0.4 is 0 Å². The molecule has 1 aliphatic carbocycles. The first-order valence-electron chi connectivity index (χ1n) is 5.06. The van der Waals surface area contributed by atoms with Crippen LogP contribution in [0.2, 0.25) is 0 Å². The van der Waals surface area contributed by atoms with Gasteiger partial charge in [0.1, 0.15) is 0 Å². The van der Waals surface area contributed by atoms with Crippen LogP contribution in [0.3, 0.4) is 0 Å². The summed E-state index contributed by atoms with van der Waals surface area (Å²) in [5.41, 5.74) is 0.443. The molecule has 0 bridgehead atoms. The monoisotopic (exact) mass is 228 g/mol. The van der Waals surface area contributed by atoms with Crippen LogP contribution in [0, 0.1) is 5.41 Å². The van der Waals surface area contributed by atoms with Gasteiger partial charge in [-0.25, -0.2) is 0 Å². The van der Waals surface area contributed by atoms with Crippen molar-refractivity contribution in [2.45, 2.75) is 19.3 Å². The van der Waals surface area contributed by atoms with Crippen molar-refractivity contribution in [1.82, 2.24) is 0 Å². The Kier molecular flexibility index (Phi) is 3.52. The first-order chi connectivity index (χ1) is 6.85. The molecule has 2 rings (SSSR count). The molecule has 1 aromatic heterocycles. The quantitative estimate of drug-likeness (QED) is 0.581. The van der Waals surface area contributed by atoms with Gasteiger partial charge in [0.05, 0.1) is 13.2 Å². The molecule has 1 nitrogen and oxygen atoms in total. The van der Waals surface area contributed by atoms with E-state index >= 15 is 0 Å². The van der Waals surface area contributed by atoms with E-state index in [2.05, 4.69) is 30.1 Å². The van der Waals surface area contributed by atoms with E-state index in [1.165, 1.54) is 17.7 Å². The Hall–Kier alpha value is 0.01000. The SMILES string of the molecule is SCC1(COCCc2cccs2)CC1. The Morgan fingerprint density at radius 3 is 2.93 bits per heavy atom. The molecular formula is C11H16OS2. The molecule has 0 radical (unpaired) electrons. The van der Waals surface area contributed by atoms with Crippen LogP contribution in [0.25, 0.3) is 0 Å². The van der Waals surface area contributed by atoms with Crippen molar-refractivity contribution in [3.8, 4) is 0 Å². The third-order valence-electron chi connectivity index (χ3n) is 2.77. The first kappa shape index (κ1) is 10.5. The summed E-state index contributed by atoms with van der Waals surface area (Å²) in [6.07, 6.45) is 3.66. The summed E-state index contributed by atoms with van der Waals surface area (Å²) >= 11 is 6.15. The van der Waals surface area contributed by atoms with E-state index in [0.717, 1.165) is 25.4 Å². The minimum absolute atomic E-state index is 0.443. The van der Waals surface area contributed by atoms with E-state index in [1.54, 1.807) is 0 Å². The fourth-order valence-corrected chi connectivity index (χ4v) is 2.54. The lowest BCUT2D eigenvalue weighted by Crippen LogP contribution is -2.13. The van der Waals surface area contributed by atoms with Crippen LogP contribution in [-0.2, 0) is 11.2 Å². The van der Waals surface area contributed by atoms with Gasteiger partial charge in [0.25, 0.3) is 0 Å². The predicted octanol–water partition coefficient (Wildman–Crippen LogP) is 3.02. The molecule has 1 fully saturated rings. The van der Waals surface area contributed by atoms with Crippen LogP contribution in [0.15, 0.2) is 17.5 Å². The second kappa shape index (κ2) is 4.69. The van der Waals surface area contributed by atoms with E-state index in [0.29, 0.717) is 5.41 Å². The average molecular weight is 228 g/mol. The van der Waals surface area contributed by atoms with E-state index in [1.807, 2.05) is 11.3 Å². The molecule has 0 amide bonds. The molecule has 0 aliphatic heterocycles. The van der Waals surface area contributed by atoms with Crippen LogP contribution in [-0.4, -0.2) is 19.0 Å². The van der Waals surface area contributed by atoms with Crippen LogP contribution >= 0.6 is 24.0 Å². The highest BCUT2D eigenvalue weighted by Gasteiger charge is 2.41. The molecule has 1 saturated carbocycles. The van der Waals surface area contributed by atoms with Gasteiger partial charge in [-0.15, -0.1) is 11.3 Å². The predicted molar refractivity (Wildman–Crippen MR) is 64.4 cm³/mol. The highest BCUT2D eigenvalue weighted by atomic mass is 32.1. The second-order valence-corrected chi connectivity index (χ2v) is 5.39. The molecular weight excluding hydrogens is 212 g/mol. The van der Waals surface area contributed by atoms with Gasteiger partial charge in [-0.1, -0.05) is 6.07 Å². The normalized spacial score (nSPS) is 18.4. The van der Waals surface area contributed by atoms with E-state index in [4.69, 9.17) is 4.74 Å². The van der Waals surface area contributed by atoms with Crippen LogP contribution in [0.5, 0.6) is 0 Å². The number of hydrogen-bond acceptors (Lipinski definition) is 3. The topological polar surface area (TPSA) is 9.23 Å². The highest BCUT2D eigenvalue weighted by Crippen LogP contribution is 2.46. The van der Waals surface area contributed by atoms with Crippen molar-refractivity contribution in [3.63, 3.8) is 0 Å². The number of rotatable bonds is 6. The number of thiol groups is 1. The maximum absolute atomic E-state index is 5.68. The first-order valence-corrected chi connectivity index (χ1v) is 6.57. The summed E-state index contributed by atoms with van der Waals surface area (Å²) in [7, 11) is 0. The molecule has 0 spiro atoms. The van der Waals surface area contributed by atoms with Gasteiger partial charge in [0, 0.05) is 16.7 Å². The molecule has 0 atom stereocenters. The zero-order valence-corrected chi connectivity index (χ0v) is 9.95. The third kappa shape index (κ3) is 2.75. The van der Waals surface area contributed by atoms with Gasteiger partial charge in [0.15, 0.2) is 0 Å². The van der Waals surface area contributed by atoms with E-state index in [-0.39, 0.29) is 0 Å². The third-order valence-corrected chi connectivity index (χ3v) is 4.38. The Labute approximate surface area is 94.9 Å². The van der Waals surface area contributed by atoms with Crippen molar-refractivity contribution in [3.05, 3.63) is 22.4 Å². The van der Waals surface area contributed by atoms with Crippen molar-refractivity contribution in [1.29, 1.82) is 0 Å². The Bertz CT molecular complexity index is 265. The van der Waals surface area contributed by atoms with Gasteiger partial charge >= 0.3 is 0 Å². The Balaban J connectivity index is 1.60.